The molecule has 1 aliphatic rings. The molecule has 0 bridgehead atoms. The fourth-order valence-corrected chi connectivity index (χ4v) is 8.58. The van der Waals surface area contributed by atoms with Crippen molar-refractivity contribution in [3.8, 4) is 5.75 Å². The van der Waals surface area contributed by atoms with E-state index in [-0.39, 0.29) is 4.90 Å². The molecule has 8 heteroatoms. The average molecular weight is 448 g/mol. The van der Waals surface area contributed by atoms with E-state index in [0.29, 0.717) is 21.6 Å². The number of hydrogen-bond acceptors (Lipinski definition) is 4. The van der Waals surface area contributed by atoms with Crippen LogP contribution in [0.1, 0.15) is 24.1 Å². The summed E-state index contributed by atoms with van der Waals surface area (Å²) >= 11 is 6.13. The van der Waals surface area contributed by atoms with Gasteiger partial charge < -0.3 is 4.52 Å². The molecule has 5 nitrogen and oxygen atoms in total. The third-order valence-corrected chi connectivity index (χ3v) is 10.3. The zero-order chi connectivity index (χ0) is 20.8. The van der Waals surface area contributed by atoms with Gasteiger partial charge in [-0.1, -0.05) is 47.5 Å². The lowest BCUT2D eigenvalue weighted by Gasteiger charge is -2.39. The largest absolute Gasteiger partial charge is 0.429 e. The maximum Gasteiger partial charge on any atom is 0.363 e. The van der Waals surface area contributed by atoms with Crippen LogP contribution < -0.4 is 9.83 Å². The van der Waals surface area contributed by atoms with Crippen LogP contribution in [0.2, 0.25) is 5.02 Å². The van der Waals surface area contributed by atoms with Gasteiger partial charge in [-0.2, -0.15) is 0 Å². The van der Waals surface area contributed by atoms with Crippen molar-refractivity contribution in [3.05, 3.63) is 88.9 Å². The number of fused-ring (bicyclic) bond motifs is 1. The Hall–Kier alpha value is -2.11. The number of benzene rings is 3. The van der Waals surface area contributed by atoms with Crippen molar-refractivity contribution in [2.45, 2.75) is 24.8 Å². The number of rotatable bonds is 3. The number of aryl methyl sites for hydroxylation is 1. The summed E-state index contributed by atoms with van der Waals surface area (Å²) in [4.78, 5) is 0.0557. The molecule has 0 saturated heterocycles. The fraction of sp³-hybridized carbons (Fsp3) is 0.143. The smallest absolute Gasteiger partial charge is 0.363 e. The number of nitrogens with zero attached hydrogens (tertiary/aromatic N) is 1. The Bertz CT molecular complexity index is 1210. The second-order valence-electron chi connectivity index (χ2n) is 6.90. The summed E-state index contributed by atoms with van der Waals surface area (Å²) in [5, 5.41) is 0.756. The monoisotopic (exact) mass is 447 g/mol. The van der Waals surface area contributed by atoms with Crippen LogP contribution >= 0.6 is 19.1 Å². The van der Waals surface area contributed by atoms with Gasteiger partial charge in [0.1, 0.15) is 5.75 Å². The van der Waals surface area contributed by atoms with Crippen LogP contribution in [0.15, 0.2) is 77.7 Å². The van der Waals surface area contributed by atoms with E-state index in [4.69, 9.17) is 16.1 Å². The lowest BCUT2D eigenvalue weighted by Crippen LogP contribution is -2.39. The van der Waals surface area contributed by atoms with E-state index >= 15 is 0 Å². The van der Waals surface area contributed by atoms with Crippen LogP contribution in [-0.2, 0) is 14.6 Å². The van der Waals surface area contributed by atoms with Gasteiger partial charge in [0.2, 0.25) is 0 Å². The zero-order valence-corrected chi connectivity index (χ0v) is 18.3. The van der Waals surface area contributed by atoms with Gasteiger partial charge in [-0.05, 0) is 56.3 Å². The molecule has 3 aromatic carbocycles. The van der Waals surface area contributed by atoms with Crippen molar-refractivity contribution < 1.29 is 17.5 Å². The van der Waals surface area contributed by atoms with Crippen molar-refractivity contribution in [1.29, 1.82) is 0 Å². The first-order valence-electron chi connectivity index (χ1n) is 9.00. The molecular weight excluding hydrogens is 429 g/mol. The first-order chi connectivity index (χ1) is 13.7. The van der Waals surface area contributed by atoms with Gasteiger partial charge in [-0.25, -0.2) is 8.42 Å². The normalized spacial score (nSPS) is 22.0. The Morgan fingerprint density at radius 2 is 1.66 bits per heavy atom. The maximum atomic E-state index is 14.2. The highest BCUT2D eigenvalue weighted by molar-refractivity contribution is 7.96. The Labute approximate surface area is 175 Å². The number of halogens is 1. The molecule has 0 spiro atoms. The third-order valence-electron chi connectivity index (χ3n) is 4.88. The Morgan fingerprint density at radius 1 is 1.00 bits per heavy atom. The average Bonchev–Trinajstić information content (AvgIpc) is 2.69. The Kier molecular flexibility index (Phi) is 5.07. The lowest BCUT2D eigenvalue weighted by atomic mass is 10.1. The molecule has 2 atom stereocenters. The van der Waals surface area contributed by atoms with Gasteiger partial charge in [-0.3, -0.25) is 4.57 Å². The quantitative estimate of drug-likeness (QED) is 0.510. The van der Waals surface area contributed by atoms with Crippen LogP contribution in [-0.4, -0.2) is 12.5 Å². The SMILES string of the molecule is Cc1ccc(S(=O)(=O)N2[C@H](C)c3cc(Cl)ccc3OP2(=O)c2ccccc2)cc1. The molecule has 0 amide bonds. The molecular formula is C21H19ClNO4PS. The number of sulfonamides is 1. The van der Waals surface area contributed by atoms with E-state index in [1.807, 2.05) is 6.92 Å². The molecule has 1 aliphatic heterocycles. The lowest BCUT2D eigenvalue weighted by molar-refractivity contribution is 0.365. The summed E-state index contributed by atoms with van der Waals surface area (Å²) in [6, 6.07) is 19.0. The van der Waals surface area contributed by atoms with E-state index in [1.165, 1.54) is 12.1 Å². The zero-order valence-electron chi connectivity index (χ0n) is 15.8. The minimum atomic E-state index is -4.14. The minimum Gasteiger partial charge on any atom is -0.429 e. The first-order valence-corrected chi connectivity index (χ1v) is 12.4. The predicted molar refractivity (Wildman–Crippen MR) is 114 cm³/mol. The highest BCUT2D eigenvalue weighted by Crippen LogP contribution is 2.61. The van der Waals surface area contributed by atoms with E-state index < -0.39 is 23.6 Å². The van der Waals surface area contributed by atoms with Gasteiger partial charge in [0.05, 0.1) is 16.2 Å². The third kappa shape index (κ3) is 3.40. The van der Waals surface area contributed by atoms with Gasteiger partial charge in [-0.15, -0.1) is 4.08 Å². The van der Waals surface area contributed by atoms with Crippen molar-refractivity contribution in [2.75, 3.05) is 0 Å². The van der Waals surface area contributed by atoms with Gasteiger partial charge in [0.25, 0.3) is 10.0 Å². The van der Waals surface area contributed by atoms with Crippen LogP contribution in [0.5, 0.6) is 5.75 Å². The molecule has 1 heterocycles. The van der Waals surface area contributed by atoms with Crippen molar-refractivity contribution in [2.24, 2.45) is 0 Å². The molecule has 0 saturated carbocycles. The molecule has 1 unspecified atom stereocenters. The molecule has 0 aliphatic carbocycles. The second-order valence-corrected chi connectivity index (χ2v) is 11.6. The van der Waals surface area contributed by atoms with Crippen molar-refractivity contribution in [3.63, 3.8) is 0 Å². The maximum absolute atomic E-state index is 14.2. The van der Waals surface area contributed by atoms with Gasteiger partial charge in [0, 0.05) is 10.6 Å². The highest BCUT2D eigenvalue weighted by atomic mass is 35.5. The second kappa shape index (κ2) is 7.29. The summed E-state index contributed by atoms with van der Waals surface area (Å²) in [6.45, 7) is 3.56. The molecule has 4 rings (SSSR count). The molecule has 29 heavy (non-hydrogen) atoms. The van der Waals surface area contributed by atoms with Crippen LogP contribution in [0, 0.1) is 6.92 Å². The first kappa shape index (κ1) is 20.2. The summed E-state index contributed by atoms with van der Waals surface area (Å²) in [6.07, 6.45) is 0. The topological polar surface area (TPSA) is 63.7 Å². The molecule has 150 valence electrons. The van der Waals surface area contributed by atoms with Crippen molar-refractivity contribution in [1.82, 2.24) is 4.08 Å². The van der Waals surface area contributed by atoms with Crippen molar-refractivity contribution >= 4 is 34.4 Å². The minimum absolute atomic E-state index is 0.0557. The molecule has 0 N–H and O–H groups in total. The van der Waals surface area contributed by atoms with E-state index in [1.54, 1.807) is 67.6 Å². The van der Waals surface area contributed by atoms with Crippen LogP contribution in [0.25, 0.3) is 0 Å². The standard InChI is InChI=1S/C21H19ClNO4PS/c1-15-8-11-19(12-9-15)29(25,26)23-16(2)20-14-17(22)10-13-21(20)27-28(23,24)18-6-4-3-5-7-18/h3-14,16H,1-2H3/t16-,28?/m1/s1. The fourth-order valence-electron chi connectivity index (χ4n) is 3.40. The Balaban J connectivity index is 1.97. The molecule has 3 aromatic rings. The predicted octanol–water partition coefficient (Wildman–Crippen LogP) is 5.31. The Morgan fingerprint density at radius 3 is 2.31 bits per heavy atom. The van der Waals surface area contributed by atoms with E-state index in [9.17, 15) is 13.0 Å². The molecule has 0 aromatic heterocycles. The van der Waals surface area contributed by atoms with Crippen LogP contribution in [0.3, 0.4) is 0 Å². The van der Waals surface area contributed by atoms with Gasteiger partial charge >= 0.3 is 7.52 Å². The van der Waals surface area contributed by atoms with E-state index in [2.05, 4.69) is 0 Å². The summed E-state index contributed by atoms with van der Waals surface area (Å²) in [5.74, 6) is 0.365. The van der Waals surface area contributed by atoms with Gasteiger partial charge in [0.15, 0.2) is 0 Å². The van der Waals surface area contributed by atoms with Crippen LogP contribution in [0.4, 0.5) is 0 Å². The molecule has 0 fully saturated rings. The summed E-state index contributed by atoms with van der Waals surface area (Å²) in [5.41, 5.74) is 1.49. The molecule has 0 radical (unpaired) electrons. The summed E-state index contributed by atoms with van der Waals surface area (Å²) in [7, 11) is -8.11. The van der Waals surface area contributed by atoms with E-state index in [0.717, 1.165) is 9.64 Å². The number of hydrogen-bond donors (Lipinski definition) is 0. The highest BCUT2D eigenvalue weighted by Gasteiger charge is 2.51. The summed E-state index contributed by atoms with van der Waals surface area (Å²) < 4.78 is 48.4.